The monoisotopic (exact) mass is 495 g/mol. The van der Waals surface area contributed by atoms with E-state index in [1.165, 1.54) is 57.7 Å². The van der Waals surface area contributed by atoms with E-state index in [0.717, 1.165) is 19.6 Å². The van der Waals surface area contributed by atoms with Crippen LogP contribution in [0.15, 0.2) is 35.2 Å². The number of ether oxygens (including phenoxy) is 2. The lowest BCUT2D eigenvalue weighted by Gasteiger charge is -2.26. The summed E-state index contributed by atoms with van der Waals surface area (Å²) in [4.78, 5) is 15.1. The van der Waals surface area contributed by atoms with Gasteiger partial charge in [0.15, 0.2) is 0 Å². The standard InChI is InChI=1S/C23H30ClN3O5S/c1-16-7-8-17(13-18(16)23(28)25-9-12-27-10-5-4-6-11-27)33(29,30)26-20-14-19(24)21(31-2)15-22(20)32-3/h7-8,13-15,26H,4-6,9-12H2,1-3H3,(H,25,28). The van der Waals surface area contributed by atoms with E-state index >= 15 is 0 Å². The Morgan fingerprint density at radius 3 is 2.42 bits per heavy atom. The fourth-order valence-corrected chi connectivity index (χ4v) is 5.09. The topological polar surface area (TPSA) is 97.0 Å². The number of methoxy groups -OCH3 is 2. The van der Waals surface area contributed by atoms with E-state index in [9.17, 15) is 13.2 Å². The molecule has 10 heteroatoms. The van der Waals surface area contributed by atoms with Gasteiger partial charge in [-0.05, 0) is 56.6 Å². The maximum atomic E-state index is 13.1. The zero-order valence-corrected chi connectivity index (χ0v) is 20.7. The summed E-state index contributed by atoms with van der Waals surface area (Å²) in [5.74, 6) is 0.310. The molecule has 8 nitrogen and oxygen atoms in total. The fraction of sp³-hybridized carbons (Fsp3) is 0.435. The first-order chi connectivity index (χ1) is 15.7. The summed E-state index contributed by atoms with van der Waals surface area (Å²) >= 11 is 6.15. The number of piperidine rings is 1. The van der Waals surface area contributed by atoms with Crippen molar-refractivity contribution in [2.24, 2.45) is 0 Å². The normalized spacial score (nSPS) is 14.5. The second kappa shape index (κ2) is 11.1. The van der Waals surface area contributed by atoms with Crippen LogP contribution in [0.5, 0.6) is 11.5 Å². The predicted molar refractivity (Wildman–Crippen MR) is 129 cm³/mol. The molecule has 0 bridgehead atoms. The Labute approximate surface area is 200 Å². The summed E-state index contributed by atoms with van der Waals surface area (Å²) in [6, 6.07) is 7.37. The first kappa shape index (κ1) is 25.1. The summed E-state index contributed by atoms with van der Waals surface area (Å²) in [5.41, 5.74) is 1.17. The van der Waals surface area contributed by atoms with Crippen molar-refractivity contribution in [3.8, 4) is 11.5 Å². The number of likely N-dealkylation sites (tertiary alicyclic amines) is 1. The van der Waals surface area contributed by atoms with Gasteiger partial charge in [-0.1, -0.05) is 24.1 Å². The van der Waals surface area contributed by atoms with Gasteiger partial charge >= 0.3 is 0 Å². The van der Waals surface area contributed by atoms with Gasteiger partial charge < -0.3 is 19.7 Å². The lowest BCUT2D eigenvalue weighted by atomic mass is 10.1. The molecule has 0 radical (unpaired) electrons. The fourth-order valence-electron chi connectivity index (χ4n) is 3.76. The number of halogens is 1. The molecule has 1 fully saturated rings. The lowest BCUT2D eigenvalue weighted by Crippen LogP contribution is -2.37. The molecule has 33 heavy (non-hydrogen) atoms. The molecule has 3 rings (SSSR count). The zero-order chi connectivity index (χ0) is 24.0. The second-order valence-electron chi connectivity index (χ2n) is 7.93. The molecule has 0 spiro atoms. The van der Waals surface area contributed by atoms with E-state index in [0.29, 0.717) is 23.4 Å². The van der Waals surface area contributed by atoms with Crippen molar-refractivity contribution in [1.29, 1.82) is 0 Å². The average molecular weight is 496 g/mol. The lowest BCUT2D eigenvalue weighted by molar-refractivity contribution is 0.0945. The van der Waals surface area contributed by atoms with Crippen LogP contribution in [0.1, 0.15) is 35.2 Å². The van der Waals surface area contributed by atoms with E-state index in [1.807, 2.05) is 0 Å². The van der Waals surface area contributed by atoms with E-state index in [-0.39, 0.29) is 27.3 Å². The van der Waals surface area contributed by atoms with Crippen LogP contribution in [-0.2, 0) is 10.0 Å². The molecule has 2 aromatic rings. The molecule has 2 N–H and O–H groups in total. The zero-order valence-electron chi connectivity index (χ0n) is 19.1. The van der Waals surface area contributed by atoms with Gasteiger partial charge in [0, 0.05) is 24.7 Å². The van der Waals surface area contributed by atoms with Gasteiger partial charge in [0.05, 0.1) is 29.8 Å². The molecule has 1 saturated heterocycles. The predicted octanol–water partition coefficient (Wildman–Crippen LogP) is 3.68. The summed E-state index contributed by atoms with van der Waals surface area (Å²) in [6.45, 7) is 5.16. The number of hydrogen-bond donors (Lipinski definition) is 2. The molecule has 0 unspecified atom stereocenters. The molecule has 1 aliphatic heterocycles. The van der Waals surface area contributed by atoms with Gasteiger partial charge in [-0.25, -0.2) is 8.42 Å². The van der Waals surface area contributed by atoms with E-state index < -0.39 is 10.0 Å². The number of rotatable bonds is 9. The van der Waals surface area contributed by atoms with Crippen molar-refractivity contribution in [3.63, 3.8) is 0 Å². The summed E-state index contributed by atoms with van der Waals surface area (Å²) < 4.78 is 39.0. The van der Waals surface area contributed by atoms with Crippen LogP contribution in [-0.4, -0.2) is 59.6 Å². The molecule has 1 heterocycles. The van der Waals surface area contributed by atoms with E-state index in [2.05, 4.69) is 14.9 Å². The van der Waals surface area contributed by atoms with Crippen molar-refractivity contribution < 1.29 is 22.7 Å². The van der Waals surface area contributed by atoms with Crippen LogP contribution in [0.25, 0.3) is 0 Å². The molecular formula is C23H30ClN3O5S. The highest BCUT2D eigenvalue weighted by Crippen LogP contribution is 2.37. The summed E-state index contributed by atoms with van der Waals surface area (Å²) in [5, 5.41) is 3.14. The highest BCUT2D eigenvalue weighted by molar-refractivity contribution is 7.92. The number of carbonyl (C=O) groups is 1. The van der Waals surface area contributed by atoms with Crippen LogP contribution >= 0.6 is 11.6 Å². The highest BCUT2D eigenvalue weighted by Gasteiger charge is 2.21. The Balaban J connectivity index is 1.76. The molecule has 0 atom stereocenters. The van der Waals surface area contributed by atoms with Crippen LogP contribution in [0.3, 0.4) is 0 Å². The number of benzene rings is 2. The Morgan fingerprint density at radius 1 is 1.06 bits per heavy atom. The minimum atomic E-state index is -4.01. The second-order valence-corrected chi connectivity index (χ2v) is 10.0. The number of amides is 1. The number of aryl methyl sites for hydroxylation is 1. The minimum Gasteiger partial charge on any atom is -0.495 e. The van der Waals surface area contributed by atoms with Gasteiger partial charge in [0.25, 0.3) is 15.9 Å². The third kappa shape index (κ3) is 6.31. The average Bonchev–Trinajstić information content (AvgIpc) is 2.80. The molecule has 1 aliphatic rings. The van der Waals surface area contributed by atoms with Crippen LogP contribution in [0, 0.1) is 6.92 Å². The molecule has 2 aromatic carbocycles. The smallest absolute Gasteiger partial charge is 0.262 e. The number of carbonyl (C=O) groups excluding carboxylic acids is 1. The largest absolute Gasteiger partial charge is 0.495 e. The SMILES string of the molecule is COc1cc(OC)c(NS(=O)(=O)c2ccc(C)c(C(=O)NCCN3CCCCC3)c2)cc1Cl. The third-order valence-corrected chi connectivity index (χ3v) is 7.30. The Morgan fingerprint density at radius 2 is 1.76 bits per heavy atom. The van der Waals surface area contributed by atoms with Crippen molar-refractivity contribution in [2.45, 2.75) is 31.1 Å². The number of nitrogens with one attached hydrogen (secondary N) is 2. The molecule has 1 amide bonds. The summed E-state index contributed by atoms with van der Waals surface area (Å²) in [6.07, 6.45) is 3.63. The molecule has 0 saturated carbocycles. The minimum absolute atomic E-state index is 0.0386. The van der Waals surface area contributed by atoms with E-state index in [4.69, 9.17) is 21.1 Å². The van der Waals surface area contributed by atoms with Gasteiger partial charge in [0.1, 0.15) is 11.5 Å². The van der Waals surface area contributed by atoms with Crippen molar-refractivity contribution >= 4 is 33.2 Å². The van der Waals surface area contributed by atoms with E-state index in [1.54, 1.807) is 13.0 Å². The van der Waals surface area contributed by atoms with Crippen molar-refractivity contribution in [3.05, 3.63) is 46.5 Å². The maximum Gasteiger partial charge on any atom is 0.262 e. The molecule has 180 valence electrons. The number of nitrogens with zero attached hydrogens (tertiary/aromatic N) is 1. The van der Waals surface area contributed by atoms with Crippen LogP contribution in [0.4, 0.5) is 5.69 Å². The van der Waals surface area contributed by atoms with Crippen LogP contribution in [0.2, 0.25) is 5.02 Å². The van der Waals surface area contributed by atoms with Crippen molar-refractivity contribution in [2.75, 3.05) is 45.1 Å². The number of sulfonamides is 1. The molecular weight excluding hydrogens is 466 g/mol. The first-order valence-corrected chi connectivity index (χ1v) is 12.7. The Bertz CT molecular complexity index is 1100. The van der Waals surface area contributed by atoms with Gasteiger partial charge in [0.2, 0.25) is 0 Å². The molecule has 0 aliphatic carbocycles. The Hall–Kier alpha value is -2.49. The third-order valence-electron chi connectivity index (χ3n) is 5.64. The number of anilines is 1. The molecule has 0 aromatic heterocycles. The maximum absolute atomic E-state index is 13.1. The van der Waals surface area contributed by atoms with Gasteiger partial charge in [-0.2, -0.15) is 0 Å². The Kier molecular flexibility index (Phi) is 8.45. The first-order valence-electron chi connectivity index (χ1n) is 10.8. The quantitative estimate of drug-likeness (QED) is 0.550. The van der Waals surface area contributed by atoms with Gasteiger partial charge in [-0.3, -0.25) is 9.52 Å². The van der Waals surface area contributed by atoms with Crippen LogP contribution < -0.4 is 19.5 Å². The van der Waals surface area contributed by atoms with Gasteiger partial charge in [-0.15, -0.1) is 0 Å². The number of hydrogen-bond acceptors (Lipinski definition) is 6. The highest BCUT2D eigenvalue weighted by atomic mass is 35.5. The summed E-state index contributed by atoms with van der Waals surface area (Å²) in [7, 11) is -1.14. The van der Waals surface area contributed by atoms with Crippen molar-refractivity contribution in [1.82, 2.24) is 10.2 Å².